The summed E-state index contributed by atoms with van der Waals surface area (Å²) in [5, 5.41) is 16.5. The predicted octanol–water partition coefficient (Wildman–Crippen LogP) is 11.0. The normalized spacial score (nSPS) is 12.0. The molecule has 0 spiro atoms. The lowest BCUT2D eigenvalue weighted by Gasteiger charge is -2.22. The number of halogens is 1. The molecule has 0 saturated heterocycles. The van der Waals surface area contributed by atoms with Crippen LogP contribution in [0.2, 0.25) is 0 Å². The highest BCUT2D eigenvalue weighted by molar-refractivity contribution is 6.38. The molecule has 7 N–H and O–H groups in total. The van der Waals surface area contributed by atoms with Crippen molar-refractivity contribution in [2.24, 2.45) is 16.5 Å². The average Bonchev–Trinajstić information content (AvgIpc) is 3.48. The highest BCUT2D eigenvalue weighted by Gasteiger charge is 2.18. The van der Waals surface area contributed by atoms with Gasteiger partial charge in [-0.15, -0.1) is 22.5 Å². The Labute approximate surface area is 359 Å². The van der Waals surface area contributed by atoms with Gasteiger partial charge in [-0.3, -0.25) is 9.36 Å². The van der Waals surface area contributed by atoms with Crippen LogP contribution >= 0.6 is 0 Å². The van der Waals surface area contributed by atoms with Crippen molar-refractivity contribution in [3.05, 3.63) is 138 Å². The first-order valence-corrected chi connectivity index (χ1v) is 19.9. The standard InChI is InChI=1S/C12H14FN.C11H17N5O.C7H9N.C6H12.C4H8.C3H9N.C3H6.C2H7N/c1-9(2)14-8-11-5-4-10(3)12(13)7-6-11;1-6-12-10(17)8(4)13-11-15-14-9(5)16(11)7(2)3;1-4-5(2)7(8)6(4)3;1-4-5-6(2)3;2*1-3-4-2;1-3-2;1-2-3/h4,6-7,14H,1,8H2,2-3H3;2,6H2,1,3-5H3,(H,12,17);1-2,8H2,3H3;5H,4H2,1-3H3;3-4H,1-2H3;4H,3H2,1-2H3;3H,1H2,2H3;2-3H2,1H3/b;13-8+;;;4-3-;;;. The maximum atomic E-state index is 13.1. The smallest absolute Gasteiger partial charge is 0.265 e. The van der Waals surface area contributed by atoms with Crippen LogP contribution in [0.15, 0.2) is 137 Å². The number of aliphatic imine (C=N–C) groups is 1. The number of nitrogens with zero attached hydrogens (tertiary/aromatic N) is 4. The molecule has 0 radical (unpaired) electrons. The largest absolute Gasteiger partial charge is 0.398 e. The van der Waals surface area contributed by atoms with Crippen molar-refractivity contribution in [2.45, 2.75) is 110 Å². The summed E-state index contributed by atoms with van der Waals surface area (Å²) in [7, 11) is 1.93. The third kappa shape index (κ3) is 34.4. The highest BCUT2D eigenvalue weighted by atomic mass is 19.1. The molecule has 59 heavy (non-hydrogen) atoms. The lowest BCUT2D eigenvalue weighted by atomic mass is 9.86. The van der Waals surface area contributed by atoms with Gasteiger partial charge in [-0.25, -0.2) is 9.38 Å². The van der Waals surface area contributed by atoms with E-state index in [0.717, 1.165) is 52.5 Å². The highest BCUT2D eigenvalue weighted by Crippen LogP contribution is 2.32. The van der Waals surface area contributed by atoms with Gasteiger partial charge >= 0.3 is 0 Å². The second kappa shape index (κ2) is 40.8. The number of nitrogens with one attached hydrogen (secondary N) is 3. The number of carbonyl (C=O) groups excluding carboxylic acids is 1. The Bertz CT molecular complexity index is 1660. The third-order valence-corrected chi connectivity index (χ3v) is 6.83. The summed E-state index contributed by atoms with van der Waals surface area (Å²) >= 11 is 0. The summed E-state index contributed by atoms with van der Waals surface area (Å²) < 4.78 is 14.8. The number of aryl methyl sites for hydroxylation is 1. The third-order valence-electron chi connectivity index (χ3n) is 6.83. The molecule has 1 amide bonds. The first-order valence-electron chi connectivity index (χ1n) is 19.9. The molecular formula is C48H82FN9O. The molecule has 0 saturated carbocycles. The van der Waals surface area contributed by atoms with E-state index in [2.05, 4.69) is 104 Å². The van der Waals surface area contributed by atoms with Gasteiger partial charge < -0.3 is 27.4 Å². The Kier molecular flexibility index (Phi) is 43.5. The van der Waals surface area contributed by atoms with Crippen LogP contribution in [-0.4, -0.2) is 59.6 Å². The fourth-order valence-electron chi connectivity index (χ4n) is 3.46. The number of amides is 1. The zero-order valence-corrected chi connectivity index (χ0v) is 39.8. The molecule has 0 atom stereocenters. The summed E-state index contributed by atoms with van der Waals surface area (Å²) in [6.07, 6.45) is 14.0. The van der Waals surface area contributed by atoms with Crippen LogP contribution in [-0.2, 0) is 4.79 Å². The monoisotopic (exact) mass is 820 g/mol. The van der Waals surface area contributed by atoms with Gasteiger partial charge in [0.05, 0.1) is 0 Å². The van der Waals surface area contributed by atoms with Crippen LogP contribution in [0.3, 0.4) is 0 Å². The topological polar surface area (TPSA) is 148 Å². The number of allylic oxidation sites excluding steroid dienone is 12. The molecule has 0 fully saturated rings. The molecule has 0 aliphatic heterocycles. The van der Waals surface area contributed by atoms with Crippen molar-refractivity contribution in [1.29, 1.82) is 0 Å². The lowest BCUT2D eigenvalue weighted by Crippen LogP contribution is -2.28. The molecule has 332 valence electrons. The van der Waals surface area contributed by atoms with E-state index in [9.17, 15) is 9.18 Å². The van der Waals surface area contributed by atoms with E-state index < -0.39 is 0 Å². The maximum absolute atomic E-state index is 13.1. The summed E-state index contributed by atoms with van der Waals surface area (Å²) in [4.78, 5) is 15.7. The molecule has 10 nitrogen and oxygen atoms in total. The van der Waals surface area contributed by atoms with Gasteiger partial charge in [-0.05, 0) is 150 Å². The number of hydrogen-bond donors (Lipinski definition) is 5. The van der Waals surface area contributed by atoms with E-state index in [1.807, 2.05) is 81.5 Å². The Morgan fingerprint density at radius 1 is 0.932 bits per heavy atom. The van der Waals surface area contributed by atoms with Crippen molar-refractivity contribution in [3.8, 4) is 0 Å². The number of nitrogens with two attached hydrogens (primary N) is 2. The van der Waals surface area contributed by atoms with Crippen LogP contribution in [0.5, 0.6) is 0 Å². The minimum Gasteiger partial charge on any atom is -0.398 e. The zero-order valence-electron chi connectivity index (χ0n) is 39.8. The van der Waals surface area contributed by atoms with Crippen LogP contribution in [0, 0.1) is 6.92 Å². The SMILES string of the molecule is C/C=C\C.C=C(C)NCC1=C=CC(C)=C(F)C=C1.C=C(C)n1c(C)nnc1/N=C(\C)C(=O)NCC.C=C1C(=C)C(N)=C1C.C=CC.CCC=C(C)C.CCN.CCNC. The molecule has 2 aliphatic rings. The molecular weight excluding hydrogens is 738 g/mol. The minimum absolute atomic E-state index is 0.206. The quantitative estimate of drug-likeness (QED) is 0.0946. The van der Waals surface area contributed by atoms with Crippen LogP contribution in [0.25, 0.3) is 5.70 Å². The fourth-order valence-corrected chi connectivity index (χ4v) is 3.46. The van der Waals surface area contributed by atoms with Crippen molar-refractivity contribution in [1.82, 2.24) is 30.7 Å². The molecule has 0 aromatic carbocycles. The second-order valence-electron chi connectivity index (χ2n) is 12.9. The Balaban J connectivity index is -0.000000207. The second-order valence-corrected chi connectivity index (χ2v) is 12.9. The fraction of sp³-hybridized carbons (Fsp3) is 0.438. The van der Waals surface area contributed by atoms with E-state index in [1.54, 1.807) is 36.6 Å². The molecule has 1 aromatic heterocycles. The molecule has 1 aromatic rings. The average molecular weight is 820 g/mol. The van der Waals surface area contributed by atoms with Crippen molar-refractivity contribution >= 4 is 23.3 Å². The first-order chi connectivity index (χ1) is 27.6. The zero-order chi connectivity index (χ0) is 47.1. The molecule has 11 heteroatoms. The number of hydrogen-bond acceptors (Lipinski definition) is 8. The van der Waals surface area contributed by atoms with Crippen molar-refractivity contribution in [2.75, 3.05) is 33.2 Å². The Morgan fingerprint density at radius 2 is 1.44 bits per heavy atom. The minimum atomic E-state index is -0.207. The van der Waals surface area contributed by atoms with E-state index in [1.165, 1.54) is 18.1 Å². The van der Waals surface area contributed by atoms with Gasteiger partial charge in [0.2, 0.25) is 0 Å². The lowest BCUT2D eigenvalue weighted by molar-refractivity contribution is -0.114. The van der Waals surface area contributed by atoms with E-state index in [4.69, 9.17) is 11.5 Å². The van der Waals surface area contributed by atoms with Gasteiger partial charge in [0.1, 0.15) is 17.4 Å². The van der Waals surface area contributed by atoms with Crippen LogP contribution in [0.1, 0.15) is 109 Å². The van der Waals surface area contributed by atoms with Gasteiger partial charge in [0.25, 0.3) is 11.9 Å². The molecule has 3 rings (SSSR count). The number of aromatic nitrogens is 3. The Hall–Kier alpha value is -5.35. The first kappa shape index (κ1) is 62.8. The van der Waals surface area contributed by atoms with Gasteiger partial charge in [-0.2, -0.15) is 0 Å². The number of rotatable bonds is 9. The molecule has 0 unspecified atom stereocenters. The van der Waals surface area contributed by atoms with E-state index in [0.29, 0.717) is 36.1 Å². The van der Waals surface area contributed by atoms with Crippen molar-refractivity contribution < 1.29 is 9.18 Å². The number of carbonyl (C=O) groups is 1. The van der Waals surface area contributed by atoms with Gasteiger partial charge in [0.15, 0.2) is 0 Å². The van der Waals surface area contributed by atoms with Gasteiger partial charge in [-0.1, -0.05) is 77.0 Å². The summed E-state index contributed by atoms with van der Waals surface area (Å²) in [6.45, 7) is 50.3. The van der Waals surface area contributed by atoms with Crippen LogP contribution in [0.4, 0.5) is 10.3 Å². The van der Waals surface area contributed by atoms with E-state index in [-0.39, 0.29) is 11.7 Å². The summed E-state index contributed by atoms with van der Waals surface area (Å²) in [5.41, 5.74) is 22.1. The molecule has 2 aliphatic carbocycles. The summed E-state index contributed by atoms with van der Waals surface area (Å²) in [5.74, 6) is 0.656. The maximum Gasteiger partial charge on any atom is 0.265 e. The van der Waals surface area contributed by atoms with Crippen LogP contribution < -0.4 is 27.4 Å². The van der Waals surface area contributed by atoms with Gasteiger partial charge in [0, 0.05) is 35.8 Å². The molecule has 0 bridgehead atoms. The van der Waals surface area contributed by atoms with E-state index >= 15 is 0 Å². The predicted molar refractivity (Wildman–Crippen MR) is 260 cm³/mol. The molecule has 1 heterocycles. The summed E-state index contributed by atoms with van der Waals surface area (Å²) in [6, 6.07) is 0. The van der Waals surface area contributed by atoms with Crippen molar-refractivity contribution in [3.63, 3.8) is 0 Å². The Morgan fingerprint density at radius 3 is 1.76 bits per heavy atom.